The van der Waals surface area contributed by atoms with Gasteiger partial charge in [-0.3, -0.25) is 0 Å². The molecule has 2 aromatic rings. The molecule has 16 heavy (non-hydrogen) atoms. The van der Waals surface area contributed by atoms with Crippen molar-refractivity contribution in [3.05, 3.63) is 59.9 Å². The molecule has 1 N–H and O–H groups in total. The number of aromatic nitrogens is 1. The van der Waals surface area contributed by atoms with Crippen molar-refractivity contribution in [2.24, 2.45) is 0 Å². The Kier molecular flexibility index (Phi) is 3.42. The standard InChI is InChI=1S/C14H18N2/c1-12(13-7-4-3-5-8-13)16-10-6-9-14(16)11-15-2/h3-10,12,15H,11H2,1-2H3/t12-/m0/s1. The normalized spacial score (nSPS) is 12.6. The van der Waals surface area contributed by atoms with E-state index in [-0.39, 0.29) is 0 Å². The molecule has 0 saturated heterocycles. The van der Waals surface area contributed by atoms with Crippen LogP contribution < -0.4 is 5.32 Å². The number of rotatable bonds is 4. The molecule has 0 aliphatic heterocycles. The zero-order chi connectivity index (χ0) is 11.4. The second-order valence-corrected chi connectivity index (χ2v) is 4.02. The largest absolute Gasteiger partial charge is 0.343 e. The van der Waals surface area contributed by atoms with Crippen LogP contribution >= 0.6 is 0 Å². The zero-order valence-corrected chi connectivity index (χ0v) is 9.85. The number of nitrogens with one attached hydrogen (secondary N) is 1. The van der Waals surface area contributed by atoms with Crippen molar-refractivity contribution < 1.29 is 0 Å². The van der Waals surface area contributed by atoms with Gasteiger partial charge in [0.05, 0.1) is 6.04 Å². The van der Waals surface area contributed by atoms with Gasteiger partial charge in [-0.2, -0.15) is 0 Å². The highest BCUT2D eigenvalue weighted by Gasteiger charge is 2.09. The van der Waals surface area contributed by atoms with Gasteiger partial charge >= 0.3 is 0 Å². The van der Waals surface area contributed by atoms with Gasteiger partial charge in [-0.15, -0.1) is 0 Å². The third-order valence-electron chi connectivity index (χ3n) is 2.92. The first-order valence-corrected chi connectivity index (χ1v) is 5.68. The van der Waals surface area contributed by atoms with E-state index in [1.807, 2.05) is 7.05 Å². The summed E-state index contributed by atoms with van der Waals surface area (Å²) in [6.45, 7) is 3.14. The Morgan fingerprint density at radius 1 is 1.12 bits per heavy atom. The van der Waals surface area contributed by atoms with Crippen LogP contribution in [0.2, 0.25) is 0 Å². The molecule has 1 atom stereocenters. The van der Waals surface area contributed by atoms with E-state index in [0.717, 1.165) is 6.54 Å². The molecule has 1 aromatic heterocycles. The maximum Gasteiger partial charge on any atom is 0.0555 e. The molecule has 2 nitrogen and oxygen atoms in total. The van der Waals surface area contributed by atoms with Gasteiger partial charge in [-0.25, -0.2) is 0 Å². The first-order chi connectivity index (χ1) is 7.83. The summed E-state index contributed by atoms with van der Waals surface area (Å²) in [7, 11) is 1.98. The lowest BCUT2D eigenvalue weighted by atomic mass is 10.1. The highest BCUT2D eigenvalue weighted by atomic mass is 15.0. The van der Waals surface area contributed by atoms with Crippen LogP contribution in [0.4, 0.5) is 0 Å². The summed E-state index contributed by atoms with van der Waals surface area (Å²) >= 11 is 0. The fourth-order valence-electron chi connectivity index (χ4n) is 2.03. The van der Waals surface area contributed by atoms with Crippen LogP contribution in [0.25, 0.3) is 0 Å². The van der Waals surface area contributed by atoms with E-state index in [1.165, 1.54) is 11.3 Å². The minimum absolute atomic E-state index is 0.388. The molecule has 0 bridgehead atoms. The number of hydrogen-bond acceptors (Lipinski definition) is 1. The molecule has 1 aromatic carbocycles. The Hall–Kier alpha value is -1.54. The second-order valence-electron chi connectivity index (χ2n) is 4.02. The van der Waals surface area contributed by atoms with Crippen LogP contribution in [0.15, 0.2) is 48.7 Å². The minimum Gasteiger partial charge on any atom is -0.343 e. The lowest BCUT2D eigenvalue weighted by molar-refractivity contribution is 0.596. The number of nitrogens with zero attached hydrogens (tertiary/aromatic N) is 1. The molecule has 0 fully saturated rings. The molecule has 0 spiro atoms. The third-order valence-corrected chi connectivity index (χ3v) is 2.92. The van der Waals surface area contributed by atoms with Crippen molar-refractivity contribution >= 4 is 0 Å². The van der Waals surface area contributed by atoms with E-state index in [4.69, 9.17) is 0 Å². The van der Waals surface area contributed by atoms with E-state index >= 15 is 0 Å². The maximum atomic E-state index is 3.20. The molecule has 0 aliphatic carbocycles. The van der Waals surface area contributed by atoms with Crippen LogP contribution in [0.1, 0.15) is 24.2 Å². The highest BCUT2D eigenvalue weighted by Crippen LogP contribution is 2.19. The summed E-state index contributed by atoms with van der Waals surface area (Å²) in [6, 6.07) is 15.2. The molecule has 0 radical (unpaired) electrons. The first-order valence-electron chi connectivity index (χ1n) is 5.68. The van der Waals surface area contributed by atoms with E-state index in [2.05, 4.69) is 65.5 Å². The fourth-order valence-corrected chi connectivity index (χ4v) is 2.03. The van der Waals surface area contributed by atoms with Crippen molar-refractivity contribution in [3.63, 3.8) is 0 Å². The van der Waals surface area contributed by atoms with E-state index in [9.17, 15) is 0 Å². The van der Waals surface area contributed by atoms with Crippen LogP contribution in [0, 0.1) is 0 Å². The van der Waals surface area contributed by atoms with Gasteiger partial charge in [0.2, 0.25) is 0 Å². The third kappa shape index (κ3) is 2.17. The molecule has 2 heteroatoms. The smallest absolute Gasteiger partial charge is 0.0555 e. The molecule has 0 saturated carbocycles. The molecule has 84 valence electrons. The number of hydrogen-bond donors (Lipinski definition) is 1. The average molecular weight is 214 g/mol. The Balaban J connectivity index is 2.27. The molecule has 0 amide bonds. The van der Waals surface area contributed by atoms with Crippen molar-refractivity contribution in [1.82, 2.24) is 9.88 Å². The van der Waals surface area contributed by atoms with Crippen molar-refractivity contribution in [2.75, 3.05) is 7.05 Å². The van der Waals surface area contributed by atoms with Gasteiger partial charge < -0.3 is 9.88 Å². The van der Waals surface area contributed by atoms with Gasteiger partial charge in [0.1, 0.15) is 0 Å². The van der Waals surface area contributed by atoms with Gasteiger partial charge in [0.15, 0.2) is 0 Å². The van der Waals surface area contributed by atoms with E-state index < -0.39 is 0 Å². The van der Waals surface area contributed by atoms with E-state index in [1.54, 1.807) is 0 Å². The molecule has 2 rings (SSSR count). The zero-order valence-electron chi connectivity index (χ0n) is 9.85. The lowest BCUT2D eigenvalue weighted by Crippen LogP contribution is -2.14. The predicted molar refractivity (Wildman–Crippen MR) is 67.5 cm³/mol. The second kappa shape index (κ2) is 4.99. The average Bonchev–Trinajstić information content (AvgIpc) is 2.78. The minimum atomic E-state index is 0.388. The topological polar surface area (TPSA) is 17.0 Å². The summed E-state index contributed by atoms with van der Waals surface area (Å²) in [6.07, 6.45) is 2.14. The highest BCUT2D eigenvalue weighted by molar-refractivity contribution is 5.21. The van der Waals surface area contributed by atoms with Crippen LogP contribution in [0.5, 0.6) is 0 Å². The quantitative estimate of drug-likeness (QED) is 0.828. The van der Waals surface area contributed by atoms with E-state index in [0.29, 0.717) is 6.04 Å². The SMILES string of the molecule is CNCc1cccn1[C@@H](C)c1ccccc1. The molecular weight excluding hydrogens is 196 g/mol. The summed E-state index contributed by atoms with van der Waals surface area (Å²) < 4.78 is 2.31. The Morgan fingerprint density at radius 2 is 1.88 bits per heavy atom. The summed E-state index contributed by atoms with van der Waals surface area (Å²) in [5, 5.41) is 3.20. The van der Waals surface area contributed by atoms with Gasteiger partial charge in [0, 0.05) is 18.4 Å². The molecule has 0 unspecified atom stereocenters. The molecule has 1 heterocycles. The van der Waals surface area contributed by atoms with Crippen LogP contribution in [-0.4, -0.2) is 11.6 Å². The summed E-state index contributed by atoms with van der Waals surface area (Å²) in [4.78, 5) is 0. The van der Waals surface area contributed by atoms with Gasteiger partial charge in [0.25, 0.3) is 0 Å². The molecular formula is C14H18N2. The van der Waals surface area contributed by atoms with Crippen LogP contribution in [-0.2, 0) is 6.54 Å². The summed E-state index contributed by atoms with van der Waals surface area (Å²) in [5.41, 5.74) is 2.66. The summed E-state index contributed by atoms with van der Waals surface area (Å²) in [5.74, 6) is 0. The van der Waals surface area contributed by atoms with Crippen LogP contribution in [0.3, 0.4) is 0 Å². The molecule has 0 aliphatic rings. The predicted octanol–water partition coefficient (Wildman–Crippen LogP) is 2.82. The first kappa shape index (κ1) is 11.0. The van der Waals surface area contributed by atoms with Crippen molar-refractivity contribution in [2.45, 2.75) is 19.5 Å². The van der Waals surface area contributed by atoms with Gasteiger partial charge in [-0.1, -0.05) is 30.3 Å². The fraction of sp³-hybridized carbons (Fsp3) is 0.286. The van der Waals surface area contributed by atoms with Gasteiger partial charge in [-0.05, 0) is 31.7 Å². The Bertz CT molecular complexity index is 431. The Morgan fingerprint density at radius 3 is 2.56 bits per heavy atom. The Labute approximate surface area is 96.9 Å². The van der Waals surface area contributed by atoms with Crippen molar-refractivity contribution in [3.8, 4) is 0 Å². The number of benzene rings is 1. The maximum absolute atomic E-state index is 3.20. The van der Waals surface area contributed by atoms with Crippen molar-refractivity contribution in [1.29, 1.82) is 0 Å². The lowest BCUT2D eigenvalue weighted by Gasteiger charge is -2.17. The monoisotopic (exact) mass is 214 g/mol.